The van der Waals surface area contributed by atoms with E-state index in [1.807, 2.05) is 6.07 Å². The number of hydrogen-bond acceptors (Lipinski definition) is 5. The summed E-state index contributed by atoms with van der Waals surface area (Å²) in [6, 6.07) is 7.51. The Morgan fingerprint density at radius 3 is 2.38 bits per heavy atom. The van der Waals surface area contributed by atoms with E-state index in [1.165, 1.54) is 31.2 Å². The third kappa shape index (κ3) is 4.69. The molecule has 3 fully saturated rings. The molecular formula is C23H33N3O3. The van der Waals surface area contributed by atoms with Gasteiger partial charge in [-0.05, 0) is 82.4 Å². The third-order valence-electron chi connectivity index (χ3n) is 6.91. The third-order valence-corrected chi connectivity index (χ3v) is 6.91. The molecule has 158 valence electrons. The molecule has 29 heavy (non-hydrogen) atoms. The number of fused-ring (bicyclic) bond motifs is 1. The first-order valence-corrected chi connectivity index (χ1v) is 11.4. The summed E-state index contributed by atoms with van der Waals surface area (Å²) in [6.07, 6.45) is 6.85. The van der Waals surface area contributed by atoms with Crippen LogP contribution in [0.4, 0.5) is 0 Å². The number of piperidine rings is 2. The van der Waals surface area contributed by atoms with Crippen molar-refractivity contribution in [2.45, 2.75) is 57.2 Å². The number of carbonyl (C=O) groups excluding carboxylic acids is 1. The van der Waals surface area contributed by atoms with Crippen molar-refractivity contribution in [3.05, 3.63) is 23.8 Å². The normalized spacial score (nSPS) is 24.4. The minimum Gasteiger partial charge on any atom is -0.486 e. The number of likely N-dealkylation sites (tertiary alicyclic amines) is 2. The Bertz CT molecular complexity index is 720. The predicted octanol–water partition coefficient (Wildman–Crippen LogP) is 2.41. The number of hydrogen-bond donors (Lipinski definition) is 1. The number of ether oxygens (including phenoxy) is 2. The van der Waals surface area contributed by atoms with E-state index in [9.17, 15) is 4.79 Å². The Hall–Kier alpha value is -1.79. The molecule has 6 nitrogen and oxygen atoms in total. The molecule has 0 radical (unpaired) electrons. The average molecular weight is 400 g/mol. The van der Waals surface area contributed by atoms with E-state index in [-0.39, 0.29) is 5.92 Å². The lowest BCUT2D eigenvalue weighted by atomic mass is 9.92. The van der Waals surface area contributed by atoms with Gasteiger partial charge >= 0.3 is 0 Å². The maximum atomic E-state index is 12.3. The second-order valence-electron chi connectivity index (χ2n) is 9.08. The number of benzene rings is 1. The number of nitrogens with zero attached hydrogens (tertiary/aromatic N) is 2. The van der Waals surface area contributed by atoms with Gasteiger partial charge in [-0.3, -0.25) is 9.69 Å². The summed E-state index contributed by atoms with van der Waals surface area (Å²) < 4.78 is 11.3. The van der Waals surface area contributed by atoms with E-state index in [0.29, 0.717) is 31.2 Å². The molecule has 1 amide bonds. The quantitative estimate of drug-likeness (QED) is 0.824. The molecule has 5 rings (SSSR count). The summed E-state index contributed by atoms with van der Waals surface area (Å²) >= 11 is 0. The Morgan fingerprint density at radius 1 is 0.931 bits per heavy atom. The first kappa shape index (κ1) is 19.2. The lowest BCUT2D eigenvalue weighted by Gasteiger charge is -2.41. The van der Waals surface area contributed by atoms with Gasteiger partial charge in [0, 0.05) is 24.5 Å². The molecule has 3 aliphatic heterocycles. The maximum absolute atomic E-state index is 12.3. The Kier molecular flexibility index (Phi) is 5.64. The van der Waals surface area contributed by atoms with Crippen LogP contribution in [0, 0.1) is 5.92 Å². The first-order chi connectivity index (χ1) is 14.2. The lowest BCUT2D eigenvalue weighted by molar-refractivity contribution is -0.126. The first-order valence-electron chi connectivity index (χ1n) is 11.4. The molecule has 0 spiro atoms. The fraction of sp³-hybridized carbons (Fsp3) is 0.696. The molecule has 0 aromatic heterocycles. The van der Waals surface area contributed by atoms with Gasteiger partial charge in [-0.1, -0.05) is 6.07 Å². The minimum atomic E-state index is 0.238. The van der Waals surface area contributed by atoms with Crippen LogP contribution in [0.1, 0.15) is 44.1 Å². The highest BCUT2D eigenvalue weighted by Gasteiger charge is 2.32. The number of amides is 1. The van der Waals surface area contributed by atoms with Crippen LogP contribution in [-0.4, -0.2) is 67.2 Å². The van der Waals surface area contributed by atoms with Crippen LogP contribution < -0.4 is 14.8 Å². The monoisotopic (exact) mass is 399 g/mol. The van der Waals surface area contributed by atoms with Gasteiger partial charge in [0.05, 0.1) is 0 Å². The maximum Gasteiger partial charge on any atom is 0.223 e. The minimum absolute atomic E-state index is 0.238. The number of rotatable bonds is 5. The molecule has 1 saturated carbocycles. The second kappa shape index (κ2) is 8.52. The topological polar surface area (TPSA) is 54.0 Å². The van der Waals surface area contributed by atoms with E-state index < -0.39 is 0 Å². The van der Waals surface area contributed by atoms with E-state index in [0.717, 1.165) is 57.1 Å². The smallest absolute Gasteiger partial charge is 0.223 e. The van der Waals surface area contributed by atoms with Crippen molar-refractivity contribution in [2.24, 2.45) is 5.92 Å². The van der Waals surface area contributed by atoms with Gasteiger partial charge < -0.3 is 19.7 Å². The molecule has 1 aromatic rings. The van der Waals surface area contributed by atoms with Gasteiger partial charge in [0.2, 0.25) is 5.91 Å². The van der Waals surface area contributed by atoms with Crippen molar-refractivity contribution in [3.8, 4) is 11.5 Å². The Morgan fingerprint density at radius 2 is 1.66 bits per heavy atom. The fourth-order valence-electron chi connectivity index (χ4n) is 4.96. The van der Waals surface area contributed by atoms with Gasteiger partial charge in [-0.15, -0.1) is 0 Å². The van der Waals surface area contributed by atoms with Crippen LogP contribution in [-0.2, 0) is 11.3 Å². The molecule has 1 aliphatic carbocycles. The van der Waals surface area contributed by atoms with Crippen molar-refractivity contribution >= 4 is 5.91 Å². The van der Waals surface area contributed by atoms with Crippen molar-refractivity contribution in [3.63, 3.8) is 0 Å². The van der Waals surface area contributed by atoms with Gasteiger partial charge in [0.15, 0.2) is 11.5 Å². The van der Waals surface area contributed by atoms with Crippen LogP contribution in [0.25, 0.3) is 0 Å². The summed E-state index contributed by atoms with van der Waals surface area (Å²) in [7, 11) is 0. The van der Waals surface area contributed by atoms with Gasteiger partial charge in [-0.25, -0.2) is 0 Å². The van der Waals surface area contributed by atoms with Crippen molar-refractivity contribution in [1.29, 1.82) is 0 Å². The highest BCUT2D eigenvalue weighted by molar-refractivity contribution is 5.79. The van der Waals surface area contributed by atoms with Crippen LogP contribution >= 0.6 is 0 Å². The van der Waals surface area contributed by atoms with Crippen LogP contribution in [0.5, 0.6) is 11.5 Å². The molecule has 6 heteroatoms. The van der Waals surface area contributed by atoms with Gasteiger partial charge in [0.25, 0.3) is 0 Å². The molecule has 0 bridgehead atoms. The summed E-state index contributed by atoms with van der Waals surface area (Å²) in [5, 5.41) is 3.18. The van der Waals surface area contributed by atoms with E-state index in [1.54, 1.807) is 0 Å². The molecular weight excluding hydrogens is 366 g/mol. The molecule has 3 heterocycles. The molecule has 4 aliphatic rings. The van der Waals surface area contributed by atoms with Crippen LogP contribution in [0.3, 0.4) is 0 Å². The van der Waals surface area contributed by atoms with Crippen molar-refractivity contribution in [2.75, 3.05) is 39.4 Å². The second-order valence-corrected chi connectivity index (χ2v) is 9.08. The summed E-state index contributed by atoms with van der Waals surface area (Å²) in [6.45, 7) is 6.70. The highest BCUT2D eigenvalue weighted by Crippen LogP contribution is 2.32. The Balaban J connectivity index is 1.07. The SMILES string of the molecule is O=C(NC1CC1)C1CCN(C2CCN(Cc3ccc4c(c3)OCCO4)CC2)CC1. The van der Waals surface area contributed by atoms with E-state index in [2.05, 4.69) is 27.2 Å². The molecule has 1 N–H and O–H groups in total. The predicted molar refractivity (Wildman–Crippen MR) is 111 cm³/mol. The molecule has 0 unspecified atom stereocenters. The largest absolute Gasteiger partial charge is 0.486 e. The average Bonchev–Trinajstić information content (AvgIpc) is 3.58. The zero-order chi connectivity index (χ0) is 19.6. The summed E-state index contributed by atoms with van der Waals surface area (Å²) in [5.41, 5.74) is 1.30. The van der Waals surface area contributed by atoms with Crippen molar-refractivity contribution < 1.29 is 14.3 Å². The lowest BCUT2D eigenvalue weighted by Crippen LogP contribution is -2.49. The number of nitrogens with one attached hydrogen (secondary N) is 1. The van der Waals surface area contributed by atoms with E-state index >= 15 is 0 Å². The van der Waals surface area contributed by atoms with Crippen molar-refractivity contribution in [1.82, 2.24) is 15.1 Å². The molecule has 1 aromatic carbocycles. The molecule has 2 saturated heterocycles. The summed E-state index contributed by atoms with van der Waals surface area (Å²) in [5.74, 6) is 2.30. The summed E-state index contributed by atoms with van der Waals surface area (Å²) in [4.78, 5) is 17.5. The van der Waals surface area contributed by atoms with Gasteiger partial charge in [-0.2, -0.15) is 0 Å². The van der Waals surface area contributed by atoms with Crippen LogP contribution in [0.2, 0.25) is 0 Å². The number of carbonyl (C=O) groups is 1. The molecule has 0 atom stereocenters. The van der Waals surface area contributed by atoms with E-state index in [4.69, 9.17) is 9.47 Å². The Labute approximate surface area is 173 Å². The zero-order valence-corrected chi connectivity index (χ0v) is 17.3. The highest BCUT2D eigenvalue weighted by atomic mass is 16.6. The fourth-order valence-corrected chi connectivity index (χ4v) is 4.96. The van der Waals surface area contributed by atoms with Gasteiger partial charge in [0.1, 0.15) is 13.2 Å². The zero-order valence-electron chi connectivity index (χ0n) is 17.3. The standard InChI is InChI=1S/C23H33N3O3/c27-23(24-19-2-3-19)18-5-11-26(12-6-18)20-7-9-25(10-8-20)16-17-1-4-21-22(15-17)29-14-13-28-21/h1,4,15,18-20H,2-3,5-14,16H2,(H,24,27). The van der Waals surface area contributed by atoms with Crippen LogP contribution in [0.15, 0.2) is 18.2 Å².